The van der Waals surface area contributed by atoms with E-state index in [9.17, 15) is 0 Å². The zero-order chi connectivity index (χ0) is 21.4. The van der Waals surface area contributed by atoms with E-state index in [1.807, 2.05) is 41.2 Å². The van der Waals surface area contributed by atoms with Crippen molar-refractivity contribution in [1.29, 1.82) is 0 Å². The van der Waals surface area contributed by atoms with E-state index >= 15 is 0 Å². The molecule has 3 heterocycles. The van der Waals surface area contributed by atoms with E-state index in [0.29, 0.717) is 23.2 Å². The number of hydrogen-bond donors (Lipinski definition) is 2. The Morgan fingerprint density at radius 2 is 1.81 bits per heavy atom. The number of fused-ring (bicyclic) bond motifs is 2. The number of rotatable bonds is 6. The lowest BCUT2D eigenvalue weighted by molar-refractivity contribution is 0.324. The number of H-pyrrole nitrogens is 1. The Morgan fingerprint density at radius 3 is 2.55 bits per heavy atom. The van der Waals surface area contributed by atoms with Gasteiger partial charge in [0.2, 0.25) is 17.6 Å². The van der Waals surface area contributed by atoms with Gasteiger partial charge in [0, 0.05) is 36.8 Å². The van der Waals surface area contributed by atoms with Crippen molar-refractivity contribution < 1.29 is 14.2 Å². The van der Waals surface area contributed by atoms with Crippen LogP contribution in [0.3, 0.4) is 0 Å². The first-order valence-corrected chi connectivity index (χ1v) is 10.1. The van der Waals surface area contributed by atoms with E-state index in [1.54, 1.807) is 21.3 Å². The van der Waals surface area contributed by atoms with Crippen LogP contribution in [0.25, 0.3) is 10.9 Å². The molecular formula is C22H24N6O3. The lowest BCUT2D eigenvalue weighted by Crippen LogP contribution is -2.28. The van der Waals surface area contributed by atoms with Crippen LogP contribution in [-0.4, -0.2) is 47.6 Å². The molecule has 1 aliphatic heterocycles. The van der Waals surface area contributed by atoms with Gasteiger partial charge in [-0.2, -0.15) is 4.98 Å². The van der Waals surface area contributed by atoms with Crippen molar-refractivity contribution in [1.82, 2.24) is 19.7 Å². The van der Waals surface area contributed by atoms with Gasteiger partial charge < -0.3 is 29.4 Å². The highest BCUT2D eigenvalue weighted by molar-refractivity contribution is 5.92. The summed E-state index contributed by atoms with van der Waals surface area (Å²) in [5.41, 5.74) is 2.86. The van der Waals surface area contributed by atoms with E-state index in [1.165, 1.54) is 0 Å². The summed E-state index contributed by atoms with van der Waals surface area (Å²) in [5, 5.41) is 9.17. The molecule has 0 saturated carbocycles. The summed E-state index contributed by atoms with van der Waals surface area (Å²) in [6, 6.07) is 12.0. The topological polar surface area (TPSA) is 89.5 Å². The Labute approximate surface area is 179 Å². The Kier molecular flexibility index (Phi) is 4.78. The zero-order valence-electron chi connectivity index (χ0n) is 17.7. The van der Waals surface area contributed by atoms with Crippen LogP contribution in [0.1, 0.15) is 6.42 Å². The van der Waals surface area contributed by atoms with Crippen molar-refractivity contribution in [2.75, 3.05) is 38.1 Å². The summed E-state index contributed by atoms with van der Waals surface area (Å²) in [7, 11) is 4.83. The summed E-state index contributed by atoms with van der Waals surface area (Å²) in [6.45, 7) is 1.61. The molecule has 0 unspecified atom stereocenters. The summed E-state index contributed by atoms with van der Waals surface area (Å²) >= 11 is 0. The molecule has 5 rings (SSSR count). The third kappa shape index (κ3) is 3.27. The highest BCUT2D eigenvalue weighted by Gasteiger charge is 2.25. The van der Waals surface area contributed by atoms with Crippen LogP contribution in [0.2, 0.25) is 0 Å². The second-order valence-electron chi connectivity index (χ2n) is 7.22. The lowest BCUT2D eigenvalue weighted by Gasteiger charge is -2.28. The van der Waals surface area contributed by atoms with Gasteiger partial charge in [-0.3, -0.25) is 0 Å². The second kappa shape index (κ2) is 7.75. The second-order valence-corrected chi connectivity index (χ2v) is 7.22. The number of methoxy groups -OCH3 is 3. The van der Waals surface area contributed by atoms with Crippen molar-refractivity contribution in [3.8, 4) is 17.2 Å². The number of nitrogens with one attached hydrogen (secondary N) is 2. The molecule has 0 atom stereocenters. The number of benzene rings is 2. The maximum atomic E-state index is 5.53. The minimum absolute atomic E-state index is 0.552. The number of aryl methyl sites for hydroxylation is 1. The maximum Gasteiger partial charge on any atom is 0.248 e. The van der Waals surface area contributed by atoms with E-state index in [-0.39, 0.29) is 0 Å². The minimum Gasteiger partial charge on any atom is -0.493 e. The quantitative estimate of drug-likeness (QED) is 0.486. The molecule has 0 amide bonds. The predicted octanol–water partition coefficient (Wildman–Crippen LogP) is 4.07. The number of aromatic amines is 1. The molecule has 0 fully saturated rings. The van der Waals surface area contributed by atoms with Crippen LogP contribution in [0.4, 0.5) is 23.3 Å². The first-order chi connectivity index (χ1) is 15.2. The van der Waals surface area contributed by atoms with Crippen molar-refractivity contribution in [3.05, 3.63) is 42.6 Å². The van der Waals surface area contributed by atoms with Gasteiger partial charge in [0.25, 0.3) is 0 Å². The zero-order valence-corrected chi connectivity index (χ0v) is 17.7. The van der Waals surface area contributed by atoms with Crippen molar-refractivity contribution >= 4 is 34.2 Å². The molecule has 0 bridgehead atoms. The van der Waals surface area contributed by atoms with Crippen LogP contribution in [0.5, 0.6) is 17.2 Å². The molecule has 9 heteroatoms. The monoisotopic (exact) mass is 420 g/mol. The Morgan fingerprint density at radius 1 is 1.00 bits per heavy atom. The molecular weight excluding hydrogens is 396 g/mol. The average molecular weight is 420 g/mol. The number of para-hydroxylation sites is 1. The van der Waals surface area contributed by atoms with Crippen LogP contribution in [-0.2, 0) is 6.54 Å². The molecule has 0 saturated heterocycles. The fourth-order valence-electron chi connectivity index (χ4n) is 3.99. The van der Waals surface area contributed by atoms with Gasteiger partial charge >= 0.3 is 0 Å². The van der Waals surface area contributed by atoms with Gasteiger partial charge in [0.05, 0.1) is 38.2 Å². The largest absolute Gasteiger partial charge is 0.493 e. The van der Waals surface area contributed by atoms with Gasteiger partial charge in [0.1, 0.15) is 0 Å². The SMILES string of the molecule is COc1cc(N2CCCn3nc(Nc4cccc5cc[nH]c45)nc32)cc(OC)c1OC. The molecule has 0 aliphatic carbocycles. The Bertz CT molecular complexity index is 1210. The molecule has 31 heavy (non-hydrogen) atoms. The fraction of sp³-hybridized carbons (Fsp3) is 0.273. The van der Waals surface area contributed by atoms with Crippen LogP contribution in [0, 0.1) is 0 Å². The van der Waals surface area contributed by atoms with Gasteiger partial charge in [-0.1, -0.05) is 12.1 Å². The van der Waals surface area contributed by atoms with Gasteiger partial charge in [-0.05, 0) is 18.6 Å². The van der Waals surface area contributed by atoms with Gasteiger partial charge in [-0.25, -0.2) is 4.68 Å². The number of hydrogen-bond acceptors (Lipinski definition) is 7. The van der Waals surface area contributed by atoms with Crippen molar-refractivity contribution in [3.63, 3.8) is 0 Å². The fourth-order valence-corrected chi connectivity index (χ4v) is 3.99. The predicted molar refractivity (Wildman–Crippen MR) is 119 cm³/mol. The Balaban J connectivity index is 1.51. The van der Waals surface area contributed by atoms with Crippen molar-refractivity contribution in [2.45, 2.75) is 13.0 Å². The smallest absolute Gasteiger partial charge is 0.248 e. The number of anilines is 4. The molecule has 2 aromatic heterocycles. The first-order valence-electron chi connectivity index (χ1n) is 10.1. The Hall–Kier alpha value is -3.88. The normalized spacial score (nSPS) is 13.2. The summed E-state index contributed by atoms with van der Waals surface area (Å²) in [5.74, 6) is 3.09. The average Bonchev–Trinajstić information content (AvgIpc) is 3.44. The highest BCUT2D eigenvalue weighted by atomic mass is 16.5. The van der Waals surface area contributed by atoms with Crippen LogP contribution < -0.4 is 24.4 Å². The minimum atomic E-state index is 0.552. The number of ether oxygens (including phenoxy) is 3. The van der Waals surface area contributed by atoms with E-state index in [2.05, 4.69) is 26.4 Å². The van der Waals surface area contributed by atoms with Crippen molar-refractivity contribution in [2.24, 2.45) is 0 Å². The lowest BCUT2D eigenvalue weighted by atomic mass is 10.2. The maximum absolute atomic E-state index is 5.53. The highest BCUT2D eigenvalue weighted by Crippen LogP contribution is 2.43. The standard InChI is InChI=1S/C22H24N6O3/c1-29-17-12-15(13-18(30-2)20(17)31-3)27-10-5-11-28-22(27)25-21(26-28)24-16-7-4-6-14-8-9-23-19(14)16/h4,6-9,12-13,23H,5,10-11H2,1-3H3,(H,24,26). The third-order valence-corrected chi connectivity index (χ3v) is 5.44. The van der Waals surface area contributed by atoms with Gasteiger partial charge in [-0.15, -0.1) is 5.10 Å². The summed E-state index contributed by atoms with van der Waals surface area (Å²) in [6.07, 6.45) is 2.87. The van der Waals surface area contributed by atoms with E-state index < -0.39 is 0 Å². The summed E-state index contributed by atoms with van der Waals surface area (Å²) < 4.78 is 18.4. The number of aromatic nitrogens is 4. The molecule has 4 aromatic rings. The molecule has 0 spiro atoms. The van der Waals surface area contributed by atoms with E-state index in [4.69, 9.17) is 19.2 Å². The molecule has 9 nitrogen and oxygen atoms in total. The molecule has 160 valence electrons. The third-order valence-electron chi connectivity index (χ3n) is 5.44. The number of nitrogens with zero attached hydrogens (tertiary/aromatic N) is 4. The van der Waals surface area contributed by atoms with Crippen LogP contribution >= 0.6 is 0 Å². The first kappa shape index (κ1) is 19.1. The molecule has 2 N–H and O–H groups in total. The van der Waals surface area contributed by atoms with E-state index in [0.717, 1.165) is 47.7 Å². The molecule has 0 radical (unpaired) electrons. The molecule has 2 aromatic carbocycles. The summed E-state index contributed by atoms with van der Waals surface area (Å²) in [4.78, 5) is 10.2. The van der Waals surface area contributed by atoms with Crippen LogP contribution in [0.15, 0.2) is 42.6 Å². The van der Waals surface area contributed by atoms with Gasteiger partial charge in [0.15, 0.2) is 11.5 Å². The molecule has 1 aliphatic rings.